The minimum absolute atomic E-state index is 0.121. The molecule has 0 aliphatic carbocycles. The summed E-state index contributed by atoms with van der Waals surface area (Å²) in [4.78, 5) is 25.8. The molecular weight excluding hydrogens is 370 g/mol. The van der Waals surface area contributed by atoms with Gasteiger partial charge in [0.25, 0.3) is 0 Å². The first kappa shape index (κ1) is 19.7. The molecule has 0 bridgehead atoms. The third-order valence-corrected chi connectivity index (χ3v) is 5.27. The number of nitrogens with one attached hydrogen (secondary N) is 1. The number of hydrogen-bond acceptors (Lipinski definition) is 4. The zero-order valence-electron chi connectivity index (χ0n) is 15.5. The van der Waals surface area contributed by atoms with Crippen LogP contribution in [0.15, 0.2) is 89.8 Å². The van der Waals surface area contributed by atoms with Crippen molar-refractivity contribution >= 4 is 29.3 Å². The van der Waals surface area contributed by atoms with Gasteiger partial charge in [0.2, 0.25) is 5.91 Å². The Bertz CT molecular complexity index is 912. The second-order valence-electron chi connectivity index (χ2n) is 6.01. The van der Waals surface area contributed by atoms with Crippen LogP contribution >= 0.6 is 11.8 Å². The van der Waals surface area contributed by atoms with E-state index in [-0.39, 0.29) is 11.9 Å². The smallest absolute Gasteiger partial charge is 0.338 e. The summed E-state index contributed by atoms with van der Waals surface area (Å²) in [5.41, 5.74) is 2.02. The molecule has 0 saturated carbocycles. The molecule has 0 aliphatic heterocycles. The van der Waals surface area contributed by atoms with Crippen LogP contribution in [0.4, 0.5) is 5.69 Å². The maximum Gasteiger partial charge on any atom is 0.338 e. The van der Waals surface area contributed by atoms with Crippen LogP contribution in [0.25, 0.3) is 0 Å². The van der Waals surface area contributed by atoms with Crippen molar-refractivity contribution < 1.29 is 14.3 Å². The van der Waals surface area contributed by atoms with Crippen molar-refractivity contribution in [2.24, 2.45) is 0 Å². The van der Waals surface area contributed by atoms with Gasteiger partial charge in [0.05, 0.1) is 12.2 Å². The topological polar surface area (TPSA) is 55.4 Å². The summed E-state index contributed by atoms with van der Waals surface area (Å²) in [6.45, 7) is 2.09. The van der Waals surface area contributed by atoms with Crippen molar-refractivity contribution in [2.45, 2.75) is 17.1 Å². The second kappa shape index (κ2) is 9.76. The maximum absolute atomic E-state index is 13.0. The molecule has 0 spiro atoms. The van der Waals surface area contributed by atoms with Gasteiger partial charge >= 0.3 is 5.97 Å². The van der Waals surface area contributed by atoms with Gasteiger partial charge in [-0.15, -0.1) is 11.8 Å². The van der Waals surface area contributed by atoms with Crippen LogP contribution in [0.2, 0.25) is 0 Å². The average molecular weight is 391 g/mol. The van der Waals surface area contributed by atoms with Crippen LogP contribution < -0.4 is 5.32 Å². The highest BCUT2D eigenvalue weighted by Gasteiger charge is 2.22. The van der Waals surface area contributed by atoms with E-state index >= 15 is 0 Å². The number of benzene rings is 3. The Morgan fingerprint density at radius 2 is 1.50 bits per heavy atom. The van der Waals surface area contributed by atoms with Crippen molar-refractivity contribution in [1.29, 1.82) is 0 Å². The fourth-order valence-electron chi connectivity index (χ4n) is 2.65. The van der Waals surface area contributed by atoms with Gasteiger partial charge in [-0.05, 0) is 48.9 Å². The molecule has 3 rings (SSSR count). The van der Waals surface area contributed by atoms with Crippen molar-refractivity contribution in [2.75, 3.05) is 11.9 Å². The third kappa shape index (κ3) is 5.24. The van der Waals surface area contributed by atoms with Crippen molar-refractivity contribution in [1.82, 2.24) is 0 Å². The molecule has 0 heterocycles. The van der Waals surface area contributed by atoms with E-state index < -0.39 is 5.25 Å². The van der Waals surface area contributed by atoms with Gasteiger partial charge in [-0.3, -0.25) is 4.79 Å². The lowest BCUT2D eigenvalue weighted by Gasteiger charge is -2.17. The summed E-state index contributed by atoms with van der Waals surface area (Å²) in [5, 5.41) is 2.55. The van der Waals surface area contributed by atoms with Gasteiger partial charge in [-0.25, -0.2) is 4.79 Å². The summed E-state index contributed by atoms with van der Waals surface area (Å²) in [7, 11) is 0. The third-order valence-electron chi connectivity index (χ3n) is 4.00. The van der Waals surface area contributed by atoms with Crippen LogP contribution in [0.5, 0.6) is 0 Å². The molecule has 5 heteroatoms. The van der Waals surface area contributed by atoms with Gasteiger partial charge < -0.3 is 10.1 Å². The molecule has 0 saturated heterocycles. The molecule has 0 fully saturated rings. The quantitative estimate of drug-likeness (QED) is 0.437. The summed E-state index contributed by atoms with van der Waals surface area (Å²) in [5.74, 6) is -0.494. The SMILES string of the molecule is CCOC(=O)c1ccc(NC(=O)C(Sc2ccccc2)c2ccccc2)cc1. The van der Waals surface area contributed by atoms with E-state index in [1.165, 1.54) is 11.8 Å². The summed E-state index contributed by atoms with van der Waals surface area (Å²) in [6.07, 6.45) is 0. The number of esters is 1. The zero-order valence-corrected chi connectivity index (χ0v) is 16.3. The lowest BCUT2D eigenvalue weighted by Crippen LogP contribution is -2.19. The van der Waals surface area contributed by atoms with Crippen LogP contribution in [-0.2, 0) is 9.53 Å². The highest BCUT2D eigenvalue weighted by molar-refractivity contribution is 8.00. The standard InChI is InChI=1S/C23H21NO3S/c1-2-27-23(26)18-13-15-19(16-14-18)24-22(25)21(17-9-5-3-6-10-17)28-20-11-7-4-8-12-20/h3-16,21H,2H2,1H3,(H,24,25). The number of rotatable bonds is 7. The first-order valence-electron chi connectivity index (χ1n) is 9.02. The Kier molecular flexibility index (Phi) is 6.87. The van der Waals surface area contributed by atoms with Gasteiger partial charge in [-0.2, -0.15) is 0 Å². The lowest BCUT2D eigenvalue weighted by atomic mass is 10.1. The molecule has 1 atom stereocenters. The largest absolute Gasteiger partial charge is 0.462 e. The number of ether oxygens (including phenoxy) is 1. The first-order chi connectivity index (χ1) is 13.7. The van der Waals surface area contributed by atoms with Crippen LogP contribution in [-0.4, -0.2) is 18.5 Å². The molecule has 3 aromatic carbocycles. The maximum atomic E-state index is 13.0. The average Bonchev–Trinajstić information content (AvgIpc) is 2.74. The summed E-state index contributed by atoms with van der Waals surface area (Å²) in [6, 6.07) is 26.2. The highest BCUT2D eigenvalue weighted by atomic mass is 32.2. The number of amides is 1. The molecule has 1 unspecified atom stereocenters. The number of carbonyl (C=O) groups excluding carboxylic acids is 2. The minimum atomic E-state index is -0.395. The fraction of sp³-hybridized carbons (Fsp3) is 0.130. The fourth-order valence-corrected chi connectivity index (χ4v) is 3.69. The Labute approximate surface area is 168 Å². The van der Waals surface area contributed by atoms with E-state index in [1.54, 1.807) is 31.2 Å². The predicted octanol–water partition coefficient (Wildman–Crippen LogP) is 5.34. The predicted molar refractivity (Wildman–Crippen MR) is 113 cm³/mol. The number of anilines is 1. The van der Waals surface area contributed by atoms with Crippen LogP contribution in [0, 0.1) is 0 Å². The van der Waals surface area contributed by atoms with Gasteiger partial charge in [-0.1, -0.05) is 48.5 Å². The molecule has 1 N–H and O–H groups in total. The minimum Gasteiger partial charge on any atom is -0.462 e. The van der Waals surface area contributed by atoms with Gasteiger partial charge in [0, 0.05) is 10.6 Å². The van der Waals surface area contributed by atoms with E-state index in [9.17, 15) is 9.59 Å². The number of thioether (sulfide) groups is 1. The zero-order chi connectivity index (χ0) is 19.8. The Morgan fingerprint density at radius 3 is 2.11 bits per heavy atom. The van der Waals surface area contributed by atoms with Gasteiger partial charge in [0.1, 0.15) is 5.25 Å². The van der Waals surface area contributed by atoms with Crippen LogP contribution in [0.1, 0.15) is 28.1 Å². The van der Waals surface area contributed by atoms with E-state index in [1.807, 2.05) is 60.7 Å². The van der Waals surface area contributed by atoms with Crippen molar-refractivity contribution in [3.8, 4) is 0 Å². The Morgan fingerprint density at radius 1 is 0.893 bits per heavy atom. The van der Waals surface area contributed by atoms with Gasteiger partial charge in [0.15, 0.2) is 0 Å². The van der Waals surface area contributed by atoms with E-state index in [0.29, 0.717) is 17.9 Å². The van der Waals surface area contributed by atoms with Crippen molar-refractivity contribution in [3.05, 3.63) is 96.1 Å². The van der Waals surface area contributed by atoms with E-state index in [4.69, 9.17) is 4.74 Å². The molecular formula is C23H21NO3S. The number of hydrogen-bond donors (Lipinski definition) is 1. The molecule has 4 nitrogen and oxygen atoms in total. The molecule has 0 aromatic heterocycles. The van der Waals surface area contributed by atoms with Crippen LogP contribution in [0.3, 0.4) is 0 Å². The van der Waals surface area contributed by atoms with E-state index in [0.717, 1.165) is 10.5 Å². The molecule has 28 heavy (non-hydrogen) atoms. The monoisotopic (exact) mass is 391 g/mol. The van der Waals surface area contributed by atoms with Crippen molar-refractivity contribution in [3.63, 3.8) is 0 Å². The molecule has 3 aromatic rings. The second-order valence-corrected chi connectivity index (χ2v) is 7.19. The Hall–Kier alpha value is -3.05. The highest BCUT2D eigenvalue weighted by Crippen LogP contribution is 2.36. The summed E-state index contributed by atoms with van der Waals surface area (Å²) < 4.78 is 4.98. The Balaban J connectivity index is 1.77. The lowest BCUT2D eigenvalue weighted by molar-refractivity contribution is -0.115. The molecule has 142 valence electrons. The number of carbonyl (C=O) groups is 2. The van der Waals surface area contributed by atoms with E-state index in [2.05, 4.69) is 5.32 Å². The molecule has 0 aliphatic rings. The molecule has 1 amide bonds. The molecule has 0 radical (unpaired) electrons. The summed E-state index contributed by atoms with van der Waals surface area (Å²) >= 11 is 1.50. The first-order valence-corrected chi connectivity index (χ1v) is 9.90. The normalized spacial score (nSPS) is 11.5.